The first-order valence-corrected chi connectivity index (χ1v) is 10.1. The van der Waals surface area contributed by atoms with Gasteiger partial charge in [-0.05, 0) is 49.4 Å². The maximum Gasteiger partial charge on any atom is 0.328 e. The van der Waals surface area contributed by atoms with Crippen molar-refractivity contribution in [2.75, 3.05) is 31.6 Å². The molecule has 2 atom stereocenters. The van der Waals surface area contributed by atoms with Gasteiger partial charge in [-0.3, -0.25) is 9.69 Å². The monoisotopic (exact) mass is 383 g/mol. The van der Waals surface area contributed by atoms with Gasteiger partial charge in [0.05, 0.1) is 0 Å². The molecular weight excluding hydrogens is 354 g/mol. The number of fused-ring (bicyclic) bond motifs is 3. The summed E-state index contributed by atoms with van der Waals surface area (Å²) < 4.78 is 0. The zero-order valence-corrected chi connectivity index (χ0v) is 17.3. The fourth-order valence-electron chi connectivity index (χ4n) is 4.38. The smallest absolute Gasteiger partial charge is 0.325 e. The second-order valence-electron chi connectivity index (χ2n) is 8.54. The molecule has 2 saturated heterocycles. The van der Waals surface area contributed by atoms with Crippen LogP contribution in [0.4, 0.5) is 10.5 Å². The molecule has 0 N–H and O–H groups in total. The molecule has 2 unspecified atom stereocenters. The molecule has 7 heteroatoms. The van der Waals surface area contributed by atoms with E-state index in [4.69, 9.17) is 4.99 Å². The number of likely N-dealkylation sites (N-methyl/N-ethyl adjacent to an activating group) is 1. The molecule has 2 fully saturated rings. The van der Waals surface area contributed by atoms with Crippen molar-refractivity contribution < 1.29 is 9.59 Å². The van der Waals surface area contributed by atoms with Gasteiger partial charge in [0.2, 0.25) is 5.96 Å². The third-order valence-corrected chi connectivity index (χ3v) is 5.83. The lowest BCUT2D eigenvalue weighted by atomic mass is 10.1. The van der Waals surface area contributed by atoms with Gasteiger partial charge in [0.1, 0.15) is 0 Å². The molecule has 7 nitrogen and oxygen atoms in total. The Morgan fingerprint density at radius 2 is 1.79 bits per heavy atom. The number of anilines is 1. The predicted molar refractivity (Wildman–Crippen MR) is 109 cm³/mol. The molecule has 3 aliphatic heterocycles. The topological polar surface area (TPSA) is 59.5 Å². The quantitative estimate of drug-likeness (QED) is 0.801. The average molecular weight is 383 g/mol. The van der Waals surface area contributed by atoms with Gasteiger partial charge in [-0.1, -0.05) is 19.9 Å². The van der Waals surface area contributed by atoms with Crippen LogP contribution < -0.4 is 4.90 Å². The van der Waals surface area contributed by atoms with Gasteiger partial charge < -0.3 is 14.7 Å². The van der Waals surface area contributed by atoms with Crippen LogP contribution in [0.25, 0.3) is 0 Å². The van der Waals surface area contributed by atoms with Crippen LogP contribution in [0.3, 0.4) is 0 Å². The minimum absolute atomic E-state index is 0.116. The Kier molecular flexibility index (Phi) is 4.56. The molecule has 150 valence electrons. The summed E-state index contributed by atoms with van der Waals surface area (Å²) in [6.45, 7) is 10.4. The van der Waals surface area contributed by atoms with E-state index in [1.165, 1.54) is 16.0 Å². The van der Waals surface area contributed by atoms with Crippen LogP contribution in [-0.4, -0.2) is 71.5 Å². The molecule has 0 saturated carbocycles. The van der Waals surface area contributed by atoms with Crippen LogP contribution in [0.5, 0.6) is 0 Å². The van der Waals surface area contributed by atoms with Crippen LogP contribution in [0.1, 0.15) is 31.4 Å². The van der Waals surface area contributed by atoms with E-state index in [2.05, 4.69) is 55.7 Å². The maximum absolute atomic E-state index is 13.2. The lowest BCUT2D eigenvalue weighted by Gasteiger charge is -2.40. The first-order chi connectivity index (χ1) is 13.3. The summed E-state index contributed by atoms with van der Waals surface area (Å²) in [4.78, 5) is 38.1. The molecular formula is C21H29N5O2. The van der Waals surface area contributed by atoms with Crippen molar-refractivity contribution in [3.63, 3.8) is 0 Å². The predicted octanol–water partition coefficient (Wildman–Crippen LogP) is 2.43. The van der Waals surface area contributed by atoms with Crippen LogP contribution in [-0.2, 0) is 4.79 Å². The van der Waals surface area contributed by atoms with Crippen molar-refractivity contribution in [2.45, 2.75) is 46.3 Å². The lowest BCUT2D eigenvalue weighted by Crippen LogP contribution is -2.64. The van der Waals surface area contributed by atoms with Gasteiger partial charge in [-0.15, -0.1) is 0 Å². The maximum atomic E-state index is 13.2. The van der Waals surface area contributed by atoms with Crippen LogP contribution in [0, 0.1) is 19.8 Å². The second kappa shape index (κ2) is 6.79. The molecule has 0 aromatic heterocycles. The molecule has 3 aliphatic rings. The highest BCUT2D eigenvalue weighted by Crippen LogP contribution is 2.34. The fraction of sp³-hybridized carbons (Fsp3) is 0.571. The molecule has 4 rings (SSSR count). The lowest BCUT2D eigenvalue weighted by molar-refractivity contribution is -0.137. The highest BCUT2D eigenvalue weighted by atomic mass is 16.2. The van der Waals surface area contributed by atoms with Crippen molar-refractivity contribution in [3.05, 3.63) is 29.3 Å². The zero-order valence-electron chi connectivity index (χ0n) is 17.3. The molecule has 3 amide bonds. The van der Waals surface area contributed by atoms with E-state index >= 15 is 0 Å². The summed E-state index contributed by atoms with van der Waals surface area (Å²) in [5.41, 5.74) is 3.50. The molecule has 3 heterocycles. The number of benzene rings is 1. The number of nitrogens with zero attached hydrogens (tertiary/aromatic N) is 5. The third kappa shape index (κ3) is 2.93. The molecule has 1 aromatic carbocycles. The number of hydrogen-bond acceptors (Lipinski definition) is 5. The molecule has 28 heavy (non-hydrogen) atoms. The standard InChI is InChI=1S/C21H29N5O2/c1-13(2)6-7-26-19(27)17-18(23(5)21(26)28)22-20-24(8-9-25(17)20)16-11-14(3)10-15(4)12-16/h10-13,17-18H,6-9H2,1-5H3. The number of aliphatic imine (C=N–C) groups is 1. The Bertz CT molecular complexity index is 829. The van der Waals surface area contributed by atoms with Gasteiger partial charge in [0, 0.05) is 32.4 Å². The van der Waals surface area contributed by atoms with E-state index in [1.807, 2.05) is 0 Å². The largest absolute Gasteiger partial charge is 0.328 e. The Labute approximate surface area is 166 Å². The van der Waals surface area contributed by atoms with Gasteiger partial charge in [0.15, 0.2) is 12.2 Å². The van der Waals surface area contributed by atoms with Crippen molar-refractivity contribution in [2.24, 2.45) is 10.9 Å². The normalized spacial score (nSPS) is 24.3. The molecule has 0 bridgehead atoms. The Balaban J connectivity index is 1.63. The number of urea groups is 1. The van der Waals surface area contributed by atoms with Gasteiger partial charge in [-0.2, -0.15) is 0 Å². The molecule has 1 aromatic rings. The number of carbonyl (C=O) groups is 2. The Hall–Kier alpha value is -2.57. The summed E-state index contributed by atoms with van der Waals surface area (Å²) in [6, 6.07) is 5.78. The summed E-state index contributed by atoms with van der Waals surface area (Å²) in [5.74, 6) is 1.12. The van der Waals surface area contributed by atoms with E-state index in [1.54, 1.807) is 11.9 Å². The van der Waals surface area contributed by atoms with Crippen molar-refractivity contribution >= 4 is 23.6 Å². The summed E-state index contributed by atoms with van der Waals surface area (Å²) in [6.07, 6.45) is 0.365. The van der Waals surface area contributed by atoms with Crippen molar-refractivity contribution in [1.82, 2.24) is 14.7 Å². The Morgan fingerprint density at radius 1 is 1.11 bits per heavy atom. The van der Waals surface area contributed by atoms with Crippen molar-refractivity contribution in [1.29, 1.82) is 0 Å². The molecule has 0 radical (unpaired) electrons. The molecule has 0 spiro atoms. The minimum Gasteiger partial charge on any atom is -0.325 e. The molecule has 0 aliphatic carbocycles. The van der Waals surface area contributed by atoms with E-state index in [0.29, 0.717) is 12.5 Å². The first-order valence-electron chi connectivity index (χ1n) is 10.1. The van der Waals surface area contributed by atoms with E-state index in [9.17, 15) is 9.59 Å². The van der Waals surface area contributed by atoms with E-state index in [-0.39, 0.29) is 11.9 Å². The number of hydrogen-bond donors (Lipinski definition) is 0. The number of imide groups is 1. The van der Waals surface area contributed by atoms with E-state index < -0.39 is 12.2 Å². The van der Waals surface area contributed by atoms with Gasteiger partial charge in [-0.25, -0.2) is 9.79 Å². The Morgan fingerprint density at radius 3 is 2.43 bits per heavy atom. The summed E-state index contributed by atoms with van der Waals surface area (Å²) >= 11 is 0. The van der Waals surface area contributed by atoms with Crippen LogP contribution >= 0.6 is 0 Å². The second-order valence-corrected chi connectivity index (χ2v) is 8.54. The average Bonchev–Trinajstić information content (AvgIpc) is 3.17. The number of carbonyl (C=O) groups excluding carboxylic acids is 2. The minimum atomic E-state index is -0.445. The highest BCUT2D eigenvalue weighted by Gasteiger charge is 2.54. The number of rotatable bonds is 4. The number of guanidine groups is 1. The SMILES string of the molecule is Cc1cc(C)cc(N2CCN3C2=NC2C3C(=O)N(CCC(C)C)C(=O)N2C)c1. The van der Waals surface area contributed by atoms with Gasteiger partial charge >= 0.3 is 6.03 Å². The van der Waals surface area contributed by atoms with E-state index in [0.717, 1.165) is 31.2 Å². The number of amides is 3. The fourth-order valence-corrected chi connectivity index (χ4v) is 4.38. The summed E-state index contributed by atoms with van der Waals surface area (Å²) in [7, 11) is 1.75. The first kappa shape index (κ1) is 18.8. The van der Waals surface area contributed by atoms with Gasteiger partial charge in [0.25, 0.3) is 5.91 Å². The zero-order chi connectivity index (χ0) is 20.2. The van der Waals surface area contributed by atoms with Crippen LogP contribution in [0.2, 0.25) is 0 Å². The highest BCUT2D eigenvalue weighted by molar-refractivity contribution is 6.08. The van der Waals surface area contributed by atoms with Crippen LogP contribution in [0.15, 0.2) is 23.2 Å². The summed E-state index contributed by atoms with van der Waals surface area (Å²) in [5, 5.41) is 0. The third-order valence-electron chi connectivity index (χ3n) is 5.83. The van der Waals surface area contributed by atoms with Crippen molar-refractivity contribution in [3.8, 4) is 0 Å². The number of aryl methyl sites for hydroxylation is 2.